The maximum absolute atomic E-state index is 13.4. The number of carbonyl (C=O) groups excluding carboxylic acids is 1. The van der Waals surface area contributed by atoms with Crippen LogP contribution in [0.1, 0.15) is 61.3 Å². The van der Waals surface area contributed by atoms with Gasteiger partial charge in [0.05, 0.1) is 45.9 Å². The fourth-order valence-corrected chi connectivity index (χ4v) is 3.64. The number of carbonyl (C=O) groups is 1. The van der Waals surface area contributed by atoms with Gasteiger partial charge in [-0.2, -0.15) is 5.10 Å². The first-order valence-electron chi connectivity index (χ1n) is 9.26. The highest BCUT2D eigenvalue weighted by Crippen LogP contribution is 2.33. The van der Waals surface area contributed by atoms with Crippen LogP contribution in [0.2, 0.25) is 10.0 Å². The minimum Gasteiger partial charge on any atom is -0.378 e. The molecule has 1 aromatic heterocycles. The number of morpholine rings is 1. The molecule has 0 unspecified atom stereocenters. The number of amides is 1. The molecule has 27 heavy (non-hydrogen) atoms. The summed E-state index contributed by atoms with van der Waals surface area (Å²) in [5.74, 6) is 0.253. The van der Waals surface area contributed by atoms with Crippen LogP contribution in [0.15, 0.2) is 18.2 Å². The number of benzene rings is 1. The van der Waals surface area contributed by atoms with Crippen LogP contribution in [0.25, 0.3) is 5.69 Å². The average Bonchev–Trinajstić information content (AvgIpc) is 3.05. The molecule has 1 aliphatic rings. The van der Waals surface area contributed by atoms with Crippen LogP contribution < -0.4 is 0 Å². The van der Waals surface area contributed by atoms with E-state index >= 15 is 0 Å². The summed E-state index contributed by atoms with van der Waals surface area (Å²) < 4.78 is 7.24. The summed E-state index contributed by atoms with van der Waals surface area (Å²) in [6.45, 7) is 10.6. The number of hydrogen-bond donors (Lipinski definition) is 0. The molecular formula is C20H25Cl2N3O2. The van der Waals surface area contributed by atoms with E-state index in [4.69, 9.17) is 33.0 Å². The van der Waals surface area contributed by atoms with Crippen LogP contribution in [-0.4, -0.2) is 46.9 Å². The zero-order chi connectivity index (χ0) is 19.7. The third kappa shape index (κ3) is 4.00. The lowest BCUT2D eigenvalue weighted by Crippen LogP contribution is -2.41. The maximum atomic E-state index is 13.4. The molecule has 1 aliphatic heterocycles. The molecule has 1 amide bonds. The van der Waals surface area contributed by atoms with Crippen molar-refractivity contribution in [2.75, 3.05) is 26.3 Å². The Hall–Kier alpha value is -1.56. The molecule has 1 fully saturated rings. The predicted octanol–water partition coefficient (Wildman–Crippen LogP) is 4.90. The zero-order valence-corrected chi connectivity index (χ0v) is 17.6. The summed E-state index contributed by atoms with van der Waals surface area (Å²) in [7, 11) is 0. The molecule has 1 aromatic carbocycles. The first-order valence-corrected chi connectivity index (χ1v) is 10.0. The van der Waals surface area contributed by atoms with E-state index in [2.05, 4.69) is 27.7 Å². The van der Waals surface area contributed by atoms with Crippen LogP contribution >= 0.6 is 23.2 Å². The highest BCUT2D eigenvalue weighted by Gasteiger charge is 2.31. The molecular weight excluding hydrogens is 385 g/mol. The van der Waals surface area contributed by atoms with Gasteiger partial charge in [-0.25, -0.2) is 4.68 Å². The van der Waals surface area contributed by atoms with E-state index in [1.807, 2.05) is 15.6 Å². The first-order chi connectivity index (χ1) is 12.8. The molecule has 0 aliphatic carbocycles. The lowest BCUT2D eigenvalue weighted by Gasteiger charge is -2.27. The lowest BCUT2D eigenvalue weighted by molar-refractivity contribution is 0.0301. The Labute approximate surface area is 170 Å². The molecule has 3 rings (SSSR count). The Balaban J connectivity index is 2.17. The summed E-state index contributed by atoms with van der Waals surface area (Å²) in [5.41, 5.74) is 3.21. The minimum atomic E-state index is 0.0250. The van der Waals surface area contributed by atoms with E-state index in [0.717, 1.165) is 17.1 Å². The molecule has 2 heterocycles. The average molecular weight is 410 g/mol. The van der Waals surface area contributed by atoms with Crippen molar-refractivity contribution in [1.29, 1.82) is 0 Å². The third-order valence-electron chi connectivity index (χ3n) is 4.70. The normalized spacial score (nSPS) is 15.0. The van der Waals surface area contributed by atoms with Gasteiger partial charge >= 0.3 is 0 Å². The van der Waals surface area contributed by atoms with E-state index in [1.165, 1.54) is 0 Å². The largest absolute Gasteiger partial charge is 0.378 e. The third-order valence-corrected chi connectivity index (χ3v) is 5.44. The van der Waals surface area contributed by atoms with Crippen molar-refractivity contribution < 1.29 is 9.53 Å². The summed E-state index contributed by atoms with van der Waals surface area (Å²) in [5, 5.41) is 5.78. The Kier molecular flexibility index (Phi) is 6.14. The molecule has 2 aromatic rings. The second kappa shape index (κ2) is 8.21. The summed E-state index contributed by atoms with van der Waals surface area (Å²) >= 11 is 12.3. The second-order valence-electron chi connectivity index (χ2n) is 7.37. The molecule has 5 nitrogen and oxygen atoms in total. The van der Waals surface area contributed by atoms with Gasteiger partial charge in [0.15, 0.2) is 0 Å². The summed E-state index contributed by atoms with van der Waals surface area (Å²) in [4.78, 5) is 15.2. The number of hydrogen-bond acceptors (Lipinski definition) is 3. The first kappa shape index (κ1) is 20.2. The highest BCUT2D eigenvalue weighted by molar-refractivity contribution is 6.42. The Bertz CT molecular complexity index is 840. The molecule has 1 saturated heterocycles. The van der Waals surface area contributed by atoms with Gasteiger partial charge in [-0.15, -0.1) is 0 Å². The molecule has 0 saturated carbocycles. The Morgan fingerprint density at radius 3 is 2.30 bits per heavy atom. The van der Waals surface area contributed by atoms with Crippen molar-refractivity contribution >= 4 is 29.1 Å². The van der Waals surface area contributed by atoms with Gasteiger partial charge in [0.2, 0.25) is 0 Å². The summed E-state index contributed by atoms with van der Waals surface area (Å²) in [6.07, 6.45) is 0. The van der Waals surface area contributed by atoms with Gasteiger partial charge in [0.1, 0.15) is 0 Å². The number of rotatable bonds is 4. The van der Waals surface area contributed by atoms with E-state index in [-0.39, 0.29) is 17.7 Å². The predicted molar refractivity (Wildman–Crippen MR) is 108 cm³/mol. The smallest absolute Gasteiger partial charge is 0.257 e. The van der Waals surface area contributed by atoms with E-state index in [9.17, 15) is 4.79 Å². The number of halogens is 2. The highest BCUT2D eigenvalue weighted by atomic mass is 35.5. The van der Waals surface area contributed by atoms with Gasteiger partial charge in [-0.3, -0.25) is 4.79 Å². The molecule has 0 bridgehead atoms. The van der Waals surface area contributed by atoms with Crippen molar-refractivity contribution in [3.63, 3.8) is 0 Å². The second-order valence-corrected chi connectivity index (χ2v) is 8.18. The van der Waals surface area contributed by atoms with Crippen molar-refractivity contribution in [3.8, 4) is 5.69 Å². The van der Waals surface area contributed by atoms with Crippen LogP contribution in [0.5, 0.6) is 0 Å². The molecule has 7 heteroatoms. The van der Waals surface area contributed by atoms with Gasteiger partial charge in [-0.05, 0) is 30.0 Å². The van der Waals surface area contributed by atoms with E-state index in [1.54, 1.807) is 12.1 Å². The molecule has 0 N–H and O–H groups in total. The van der Waals surface area contributed by atoms with E-state index < -0.39 is 0 Å². The monoisotopic (exact) mass is 409 g/mol. The van der Waals surface area contributed by atoms with Gasteiger partial charge in [0.25, 0.3) is 5.91 Å². The number of aromatic nitrogens is 2. The fourth-order valence-electron chi connectivity index (χ4n) is 3.34. The van der Waals surface area contributed by atoms with Crippen molar-refractivity contribution in [1.82, 2.24) is 14.7 Å². The van der Waals surface area contributed by atoms with Gasteiger partial charge < -0.3 is 9.64 Å². The van der Waals surface area contributed by atoms with Crippen LogP contribution in [0.4, 0.5) is 0 Å². The van der Waals surface area contributed by atoms with Crippen LogP contribution in [0.3, 0.4) is 0 Å². The molecule has 0 atom stereocenters. The van der Waals surface area contributed by atoms with Crippen LogP contribution in [0, 0.1) is 0 Å². The Morgan fingerprint density at radius 2 is 1.74 bits per heavy atom. The number of nitrogens with zero attached hydrogens (tertiary/aromatic N) is 3. The quantitative estimate of drug-likeness (QED) is 0.721. The van der Waals surface area contributed by atoms with E-state index in [0.29, 0.717) is 41.9 Å². The minimum absolute atomic E-state index is 0.0250. The van der Waals surface area contributed by atoms with Gasteiger partial charge in [-0.1, -0.05) is 50.9 Å². The molecule has 146 valence electrons. The standard InChI is InChI=1S/C20H25Cl2N3O2/c1-12(2)18-17(20(26)24-7-9-27-10-8-24)19(13(3)4)25(23-18)14-5-6-15(21)16(22)11-14/h5-6,11-13H,7-10H2,1-4H3. The SMILES string of the molecule is CC(C)c1nn(-c2ccc(Cl)c(Cl)c2)c(C(C)C)c1C(=O)N1CCOCC1. The van der Waals surface area contributed by atoms with Crippen molar-refractivity contribution in [2.45, 2.75) is 39.5 Å². The van der Waals surface area contributed by atoms with Crippen molar-refractivity contribution in [3.05, 3.63) is 45.2 Å². The van der Waals surface area contributed by atoms with Crippen LogP contribution in [-0.2, 0) is 4.74 Å². The summed E-state index contributed by atoms with van der Waals surface area (Å²) in [6, 6.07) is 5.42. The fraction of sp³-hybridized carbons (Fsp3) is 0.500. The zero-order valence-electron chi connectivity index (χ0n) is 16.1. The maximum Gasteiger partial charge on any atom is 0.257 e. The topological polar surface area (TPSA) is 47.4 Å². The van der Waals surface area contributed by atoms with Gasteiger partial charge in [0, 0.05) is 13.1 Å². The Morgan fingerprint density at radius 1 is 1.07 bits per heavy atom. The molecule has 0 spiro atoms. The lowest BCUT2D eigenvalue weighted by atomic mass is 9.97. The number of ether oxygens (including phenoxy) is 1. The van der Waals surface area contributed by atoms with Crippen molar-refractivity contribution in [2.24, 2.45) is 0 Å². The molecule has 0 radical (unpaired) electrons.